The maximum atomic E-state index is 12.9. The van der Waals surface area contributed by atoms with Crippen molar-refractivity contribution in [3.63, 3.8) is 0 Å². The standard InChI is InChI=1S/C18H25N5OS/c1-13-4-7-16(25-13)11-23(15-5-6-15)18(24)17-12-22(21-20-17)10-14-3-2-8-19-9-14/h4,7,12,14-15,19H,2-3,5-6,8-11H2,1H3. The van der Waals surface area contributed by atoms with Gasteiger partial charge < -0.3 is 10.2 Å². The van der Waals surface area contributed by atoms with Crippen molar-refractivity contribution in [2.75, 3.05) is 13.1 Å². The van der Waals surface area contributed by atoms with Crippen molar-refractivity contribution in [1.82, 2.24) is 25.2 Å². The van der Waals surface area contributed by atoms with Crippen LogP contribution in [0.15, 0.2) is 18.3 Å². The molecule has 6 nitrogen and oxygen atoms in total. The number of aromatic nitrogens is 3. The first-order valence-corrected chi connectivity index (χ1v) is 9.98. The van der Waals surface area contributed by atoms with Crippen LogP contribution in [0.3, 0.4) is 0 Å². The summed E-state index contributed by atoms with van der Waals surface area (Å²) in [7, 11) is 0. The molecule has 0 bridgehead atoms. The Morgan fingerprint density at radius 1 is 1.40 bits per heavy atom. The number of piperidine rings is 1. The maximum absolute atomic E-state index is 12.9. The number of nitrogens with one attached hydrogen (secondary N) is 1. The van der Waals surface area contributed by atoms with Crippen LogP contribution in [0.4, 0.5) is 0 Å². The number of aryl methyl sites for hydroxylation is 1. The van der Waals surface area contributed by atoms with Crippen molar-refractivity contribution in [2.24, 2.45) is 5.92 Å². The second-order valence-corrected chi connectivity index (χ2v) is 8.59. The molecule has 7 heteroatoms. The van der Waals surface area contributed by atoms with E-state index in [1.54, 1.807) is 11.3 Å². The Hall–Kier alpha value is -1.73. The largest absolute Gasteiger partial charge is 0.329 e. The van der Waals surface area contributed by atoms with Gasteiger partial charge in [-0.05, 0) is 63.7 Å². The summed E-state index contributed by atoms with van der Waals surface area (Å²) in [5.41, 5.74) is 0.476. The highest BCUT2D eigenvalue weighted by atomic mass is 32.1. The molecular weight excluding hydrogens is 334 g/mol. The SMILES string of the molecule is Cc1ccc(CN(C(=O)c2cn(CC3CCCNC3)nn2)C2CC2)s1. The minimum Gasteiger partial charge on any atom is -0.329 e. The lowest BCUT2D eigenvalue weighted by molar-refractivity contribution is 0.0725. The Kier molecular flexibility index (Phi) is 4.85. The van der Waals surface area contributed by atoms with E-state index in [4.69, 9.17) is 0 Å². The van der Waals surface area contributed by atoms with E-state index in [9.17, 15) is 4.79 Å². The third-order valence-electron chi connectivity index (χ3n) is 4.97. The van der Waals surface area contributed by atoms with Crippen LogP contribution in [-0.4, -0.2) is 44.9 Å². The molecule has 1 unspecified atom stereocenters. The zero-order chi connectivity index (χ0) is 17.2. The molecule has 1 N–H and O–H groups in total. The molecule has 0 radical (unpaired) electrons. The summed E-state index contributed by atoms with van der Waals surface area (Å²) in [5, 5.41) is 11.8. The van der Waals surface area contributed by atoms with Gasteiger partial charge in [0, 0.05) is 22.3 Å². The molecule has 4 rings (SSSR count). The Balaban J connectivity index is 1.43. The van der Waals surface area contributed by atoms with Crippen LogP contribution in [0.25, 0.3) is 0 Å². The van der Waals surface area contributed by atoms with Gasteiger partial charge >= 0.3 is 0 Å². The van der Waals surface area contributed by atoms with Gasteiger partial charge in [-0.1, -0.05) is 5.21 Å². The van der Waals surface area contributed by atoms with Gasteiger partial charge in [0.25, 0.3) is 5.91 Å². The Bertz CT molecular complexity index is 729. The van der Waals surface area contributed by atoms with Gasteiger partial charge in [-0.25, -0.2) is 0 Å². The fourth-order valence-electron chi connectivity index (χ4n) is 3.47. The first-order valence-electron chi connectivity index (χ1n) is 9.16. The third kappa shape index (κ3) is 4.10. The van der Waals surface area contributed by atoms with Gasteiger partial charge in [0.15, 0.2) is 5.69 Å². The van der Waals surface area contributed by atoms with E-state index in [1.807, 2.05) is 15.8 Å². The summed E-state index contributed by atoms with van der Waals surface area (Å²) >= 11 is 1.76. The molecule has 1 saturated heterocycles. The fraction of sp³-hybridized carbons (Fsp3) is 0.611. The van der Waals surface area contributed by atoms with Crippen LogP contribution in [0.1, 0.15) is 45.9 Å². The Morgan fingerprint density at radius 3 is 2.96 bits per heavy atom. The van der Waals surface area contributed by atoms with Gasteiger partial charge in [0.1, 0.15) is 0 Å². The van der Waals surface area contributed by atoms with E-state index in [2.05, 4.69) is 34.7 Å². The lowest BCUT2D eigenvalue weighted by Crippen LogP contribution is -2.33. The number of rotatable bonds is 6. The summed E-state index contributed by atoms with van der Waals surface area (Å²) in [5.74, 6) is 0.591. The summed E-state index contributed by atoms with van der Waals surface area (Å²) in [4.78, 5) is 17.4. The van der Waals surface area contributed by atoms with E-state index in [0.29, 0.717) is 24.2 Å². The predicted molar refractivity (Wildman–Crippen MR) is 97.6 cm³/mol. The van der Waals surface area contributed by atoms with E-state index in [0.717, 1.165) is 32.5 Å². The number of carbonyl (C=O) groups excluding carboxylic acids is 1. The topological polar surface area (TPSA) is 63.1 Å². The quantitative estimate of drug-likeness (QED) is 0.860. The molecule has 2 aromatic rings. The summed E-state index contributed by atoms with van der Waals surface area (Å²) in [6.45, 7) is 5.75. The van der Waals surface area contributed by atoms with Gasteiger partial charge in [-0.15, -0.1) is 16.4 Å². The average Bonchev–Trinajstić information content (AvgIpc) is 3.22. The number of amides is 1. The van der Waals surface area contributed by atoms with Crippen LogP contribution < -0.4 is 5.32 Å². The first kappa shape index (κ1) is 16.7. The van der Waals surface area contributed by atoms with Crippen LogP contribution in [0.2, 0.25) is 0 Å². The molecule has 3 heterocycles. The van der Waals surface area contributed by atoms with Crippen LogP contribution >= 0.6 is 11.3 Å². The van der Waals surface area contributed by atoms with E-state index < -0.39 is 0 Å². The van der Waals surface area contributed by atoms with Crippen LogP contribution in [0, 0.1) is 12.8 Å². The first-order chi connectivity index (χ1) is 12.2. The average molecular weight is 359 g/mol. The monoisotopic (exact) mass is 359 g/mol. The number of thiophene rings is 1. The molecule has 1 saturated carbocycles. The van der Waals surface area contributed by atoms with E-state index in [1.165, 1.54) is 22.6 Å². The molecule has 2 aliphatic rings. The van der Waals surface area contributed by atoms with Crippen LogP contribution in [0.5, 0.6) is 0 Å². The lowest BCUT2D eigenvalue weighted by Gasteiger charge is -2.22. The number of carbonyl (C=O) groups is 1. The highest BCUT2D eigenvalue weighted by molar-refractivity contribution is 7.11. The normalized spacial score (nSPS) is 20.6. The van der Waals surface area contributed by atoms with Crippen LogP contribution in [-0.2, 0) is 13.1 Å². The zero-order valence-corrected chi connectivity index (χ0v) is 15.5. The third-order valence-corrected chi connectivity index (χ3v) is 5.96. The van der Waals surface area contributed by atoms with Gasteiger partial charge in [0.2, 0.25) is 0 Å². The van der Waals surface area contributed by atoms with E-state index in [-0.39, 0.29) is 5.91 Å². The number of hydrogen-bond donors (Lipinski definition) is 1. The minimum atomic E-state index is 0.0153. The van der Waals surface area contributed by atoms with Crippen molar-refractivity contribution in [3.8, 4) is 0 Å². The smallest absolute Gasteiger partial charge is 0.276 e. The van der Waals surface area contributed by atoms with E-state index >= 15 is 0 Å². The molecule has 2 fully saturated rings. The molecule has 2 aromatic heterocycles. The molecule has 0 spiro atoms. The van der Waals surface area contributed by atoms with Crippen molar-refractivity contribution in [3.05, 3.63) is 33.8 Å². The lowest BCUT2D eigenvalue weighted by atomic mass is 10.00. The molecule has 134 valence electrons. The van der Waals surface area contributed by atoms with Crippen molar-refractivity contribution < 1.29 is 4.79 Å². The number of nitrogens with zero attached hydrogens (tertiary/aromatic N) is 4. The maximum Gasteiger partial charge on any atom is 0.276 e. The van der Waals surface area contributed by atoms with Crippen molar-refractivity contribution in [1.29, 1.82) is 0 Å². The Labute approximate surface area is 152 Å². The van der Waals surface area contributed by atoms with Crippen molar-refractivity contribution >= 4 is 17.2 Å². The molecule has 1 atom stereocenters. The molecule has 1 amide bonds. The number of hydrogen-bond acceptors (Lipinski definition) is 5. The van der Waals surface area contributed by atoms with Gasteiger partial charge in [-0.3, -0.25) is 9.48 Å². The molecule has 1 aliphatic carbocycles. The highest BCUT2D eigenvalue weighted by Gasteiger charge is 2.34. The second-order valence-electron chi connectivity index (χ2n) is 7.21. The molecular formula is C18H25N5OS. The summed E-state index contributed by atoms with van der Waals surface area (Å²) in [6.07, 6.45) is 6.44. The zero-order valence-electron chi connectivity index (χ0n) is 14.6. The molecule has 1 aliphatic heterocycles. The van der Waals surface area contributed by atoms with Gasteiger partial charge in [-0.2, -0.15) is 0 Å². The fourth-order valence-corrected chi connectivity index (χ4v) is 4.36. The summed E-state index contributed by atoms with van der Waals surface area (Å²) < 4.78 is 1.84. The molecule has 25 heavy (non-hydrogen) atoms. The molecule has 0 aromatic carbocycles. The second kappa shape index (κ2) is 7.25. The predicted octanol–water partition coefficient (Wildman–Crippen LogP) is 2.45. The Morgan fingerprint density at radius 2 is 2.28 bits per heavy atom. The van der Waals surface area contributed by atoms with Crippen molar-refractivity contribution in [2.45, 2.75) is 51.7 Å². The minimum absolute atomic E-state index is 0.0153. The summed E-state index contributed by atoms with van der Waals surface area (Å²) in [6, 6.07) is 4.60. The van der Waals surface area contributed by atoms with Gasteiger partial charge in [0.05, 0.1) is 12.7 Å². The highest BCUT2D eigenvalue weighted by Crippen LogP contribution is 2.31.